The topological polar surface area (TPSA) is 90.5 Å². The fourth-order valence-corrected chi connectivity index (χ4v) is 4.49. The molecule has 1 saturated heterocycles. The van der Waals surface area contributed by atoms with E-state index in [2.05, 4.69) is 16.0 Å². The van der Waals surface area contributed by atoms with Crippen LogP contribution in [-0.2, 0) is 9.59 Å². The maximum atomic E-state index is 13.2. The van der Waals surface area contributed by atoms with Gasteiger partial charge in [-0.15, -0.1) is 0 Å². The Morgan fingerprint density at radius 2 is 1.65 bits per heavy atom. The molecular weight excluding hydrogens is 416 g/mol. The maximum Gasteiger partial charge on any atom is 0.322 e. The van der Waals surface area contributed by atoms with E-state index in [0.29, 0.717) is 16.4 Å². The predicted octanol–water partition coefficient (Wildman–Crippen LogP) is 4.01. The van der Waals surface area contributed by atoms with Gasteiger partial charge < -0.3 is 20.9 Å². The largest absolute Gasteiger partial charge is 0.349 e. The number of carbonyl (C=O) groups excluding carboxylic acids is 3. The molecule has 4 rings (SSSR count). The van der Waals surface area contributed by atoms with Crippen molar-refractivity contribution in [1.82, 2.24) is 10.2 Å². The molecule has 8 heteroatoms. The van der Waals surface area contributed by atoms with Crippen molar-refractivity contribution in [2.24, 2.45) is 0 Å². The van der Waals surface area contributed by atoms with Crippen LogP contribution in [0.15, 0.2) is 54.6 Å². The van der Waals surface area contributed by atoms with Crippen LogP contribution in [0.25, 0.3) is 0 Å². The highest BCUT2D eigenvalue weighted by molar-refractivity contribution is 6.30. The molecule has 3 N–H and O–H groups in total. The Kier molecular flexibility index (Phi) is 6.42. The molecule has 1 aliphatic heterocycles. The van der Waals surface area contributed by atoms with E-state index >= 15 is 0 Å². The van der Waals surface area contributed by atoms with Gasteiger partial charge in [0.2, 0.25) is 11.8 Å². The van der Waals surface area contributed by atoms with Crippen molar-refractivity contribution >= 4 is 40.8 Å². The third kappa shape index (κ3) is 4.99. The smallest absolute Gasteiger partial charge is 0.322 e. The van der Waals surface area contributed by atoms with Crippen LogP contribution in [0.3, 0.4) is 0 Å². The molecule has 7 nitrogen and oxygen atoms in total. The minimum absolute atomic E-state index is 0.0849. The first kappa shape index (κ1) is 21.2. The normalized spacial score (nSPS) is 22.8. The van der Waals surface area contributed by atoms with Gasteiger partial charge in [0.05, 0.1) is 12.5 Å². The number of hydrogen-bond acceptors (Lipinski definition) is 3. The first-order chi connectivity index (χ1) is 15.0. The highest BCUT2D eigenvalue weighted by Gasteiger charge is 2.46. The lowest BCUT2D eigenvalue weighted by molar-refractivity contribution is -0.135. The number of carbonyl (C=O) groups is 3. The maximum absolute atomic E-state index is 13.2. The molecule has 162 valence electrons. The highest BCUT2D eigenvalue weighted by Crippen LogP contribution is 2.30. The third-order valence-corrected chi connectivity index (χ3v) is 6.07. The summed E-state index contributed by atoms with van der Waals surface area (Å²) in [6.07, 6.45) is 3.49. The van der Waals surface area contributed by atoms with E-state index in [9.17, 15) is 14.4 Å². The van der Waals surface area contributed by atoms with Crippen LogP contribution in [0.2, 0.25) is 5.02 Å². The van der Waals surface area contributed by atoms with Crippen molar-refractivity contribution in [3.63, 3.8) is 0 Å². The minimum Gasteiger partial charge on any atom is -0.349 e. The first-order valence-electron chi connectivity index (χ1n) is 10.5. The number of para-hydroxylation sites is 1. The number of nitrogens with zero attached hydrogens (tertiary/aromatic N) is 1. The molecule has 0 aromatic heterocycles. The molecular formula is C23H25ClN4O3. The summed E-state index contributed by atoms with van der Waals surface area (Å²) in [7, 11) is 0. The average molecular weight is 441 g/mol. The second-order valence-corrected chi connectivity index (χ2v) is 8.38. The first-order valence-corrected chi connectivity index (χ1v) is 10.9. The Balaban J connectivity index is 1.53. The van der Waals surface area contributed by atoms with Gasteiger partial charge in [0.1, 0.15) is 6.04 Å². The molecule has 4 amide bonds. The Hall–Kier alpha value is -3.06. The molecule has 31 heavy (non-hydrogen) atoms. The van der Waals surface area contributed by atoms with Gasteiger partial charge in [-0.05, 0) is 49.2 Å². The predicted molar refractivity (Wildman–Crippen MR) is 120 cm³/mol. The number of rotatable bonds is 4. The lowest BCUT2D eigenvalue weighted by Crippen LogP contribution is -2.68. The van der Waals surface area contributed by atoms with E-state index in [1.165, 1.54) is 0 Å². The van der Waals surface area contributed by atoms with Gasteiger partial charge in [-0.25, -0.2) is 4.79 Å². The SMILES string of the molecule is O=C(C[C@@H]1C(=O)N[C@@H]2CCCC[C@@H]2N1C(=O)Nc1ccccc1)Nc1ccc(Cl)cc1. The number of hydrogen-bond donors (Lipinski definition) is 3. The van der Waals surface area contributed by atoms with Gasteiger partial charge in [0.25, 0.3) is 0 Å². The van der Waals surface area contributed by atoms with E-state index < -0.39 is 6.04 Å². The molecule has 1 aliphatic carbocycles. The molecule has 0 unspecified atom stereocenters. The Bertz CT molecular complexity index is 951. The second kappa shape index (κ2) is 9.39. The Labute approximate surface area is 186 Å². The molecule has 0 radical (unpaired) electrons. The monoisotopic (exact) mass is 440 g/mol. The summed E-state index contributed by atoms with van der Waals surface area (Å²) in [4.78, 5) is 40.5. The average Bonchev–Trinajstić information content (AvgIpc) is 2.76. The van der Waals surface area contributed by atoms with Crippen LogP contribution in [0.4, 0.5) is 16.2 Å². The lowest BCUT2D eigenvalue weighted by Gasteiger charge is -2.47. The van der Waals surface area contributed by atoms with E-state index in [1.54, 1.807) is 41.3 Å². The number of anilines is 2. The Morgan fingerprint density at radius 3 is 2.39 bits per heavy atom. The number of nitrogens with one attached hydrogen (secondary N) is 3. The molecule has 2 aromatic rings. The van der Waals surface area contributed by atoms with Gasteiger partial charge >= 0.3 is 6.03 Å². The van der Waals surface area contributed by atoms with Crippen LogP contribution in [0, 0.1) is 0 Å². The summed E-state index contributed by atoms with van der Waals surface area (Å²) in [5.74, 6) is -0.633. The Morgan fingerprint density at radius 1 is 0.968 bits per heavy atom. The molecule has 0 spiro atoms. The molecule has 1 saturated carbocycles. The summed E-state index contributed by atoms with van der Waals surface area (Å²) in [5.41, 5.74) is 1.23. The summed E-state index contributed by atoms with van der Waals surface area (Å²) in [6, 6.07) is 14.4. The van der Waals surface area contributed by atoms with Gasteiger partial charge in [0, 0.05) is 22.4 Å². The zero-order valence-corrected chi connectivity index (χ0v) is 17.8. The number of benzene rings is 2. The van der Waals surface area contributed by atoms with Crippen molar-refractivity contribution in [1.29, 1.82) is 0 Å². The lowest BCUT2D eigenvalue weighted by atomic mass is 9.85. The molecule has 1 heterocycles. The minimum atomic E-state index is -0.879. The zero-order chi connectivity index (χ0) is 21.8. The van der Waals surface area contributed by atoms with Gasteiger partial charge in [0.15, 0.2) is 0 Å². The molecule has 3 atom stereocenters. The number of halogens is 1. The number of amides is 4. The standard InChI is InChI=1S/C23H25ClN4O3/c24-15-10-12-17(13-11-15)25-21(29)14-20-22(30)27-18-8-4-5-9-19(18)28(20)23(31)26-16-6-2-1-3-7-16/h1-3,6-7,10-13,18-20H,4-5,8-9,14H2,(H,25,29)(H,26,31)(H,27,30)/t18-,19+,20-/m1/s1. The van der Waals surface area contributed by atoms with Crippen molar-refractivity contribution in [3.05, 3.63) is 59.6 Å². The van der Waals surface area contributed by atoms with E-state index in [1.807, 2.05) is 18.2 Å². The van der Waals surface area contributed by atoms with Crippen LogP contribution in [0.1, 0.15) is 32.1 Å². The van der Waals surface area contributed by atoms with E-state index in [0.717, 1.165) is 25.7 Å². The van der Waals surface area contributed by atoms with Crippen LogP contribution in [0.5, 0.6) is 0 Å². The fraction of sp³-hybridized carbons (Fsp3) is 0.348. The molecule has 2 aromatic carbocycles. The van der Waals surface area contributed by atoms with E-state index in [4.69, 9.17) is 11.6 Å². The summed E-state index contributed by atoms with van der Waals surface area (Å²) < 4.78 is 0. The zero-order valence-electron chi connectivity index (χ0n) is 17.0. The summed E-state index contributed by atoms with van der Waals surface area (Å²) >= 11 is 5.89. The van der Waals surface area contributed by atoms with E-state index in [-0.39, 0.29) is 36.3 Å². The number of urea groups is 1. The quantitative estimate of drug-likeness (QED) is 0.670. The molecule has 2 aliphatic rings. The molecule has 2 fully saturated rings. The van der Waals surface area contributed by atoms with Crippen molar-refractivity contribution in [2.75, 3.05) is 10.6 Å². The summed E-state index contributed by atoms with van der Waals surface area (Å²) in [6.45, 7) is 0. The summed E-state index contributed by atoms with van der Waals surface area (Å²) in [5, 5.41) is 9.27. The highest BCUT2D eigenvalue weighted by atomic mass is 35.5. The number of piperazine rings is 1. The number of fused-ring (bicyclic) bond motifs is 1. The van der Waals surface area contributed by atoms with Gasteiger partial charge in [-0.2, -0.15) is 0 Å². The van der Waals surface area contributed by atoms with Crippen molar-refractivity contribution < 1.29 is 14.4 Å². The second-order valence-electron chi connectivity index (χ2n) is 7.95. The fourth-order valence-electron chi connectivity index (χ4n) is 4.36. The van der Waals surface area contributed by atoms with Crippen molar-refractivity contribution in [3.8, 4) is 0 Å². The van der Waals surface area contributed by atoms with Crippen LogP contribution >= 0.6 is 11.6 Å². The van der Waals surface area contributed by atoms with Gasteiger partial charge in [-0.1, -0.05) is 42.6 Å². The van der Waals surface area contributed by atoms with Gasteiger partial charge in [-0.3, -0.25) is 9.59 Å². The van der Waals surface area contributed by atoms with Crippen molar-refractivity contribution in [2.45, 2.75) is 50.2 Å². The van der Waals surface area contributed by atoms with Crippen LogP contribution in [-0.4, -0.2) is 40.9 Å². The molecule has 0 bridgehead atoms. The van der Waals surface area contributed by atoms with Crippen LogP contribution < -0.4 is 16.0 Å². The third-order valence-electron chi connectivity index (χ3n) is 5.82.